The number of rotatable bonds is 4. The number of carbonyl (C=O) groups excluding carboxylic acids is 1. The van der Waals surface area contributed by atoms with Crippen LogP contribution in [0.5, 0.6) is 0 Å². The number of carbonyl (C=O) groups is 1. The van der Waals surface area contributed by atoms with Crippen molar-refractivity contribution in [1.82, 2.24) is 19.8 Å². The summed E-state index contributed by atoms with van der Waals surface area (Å²) in [6, 6.07) is 15.9. The second-order valence-corrected chi connectivity index (χ2v) is 9.06. The number of benzene rings is 2. The minimum Gasteiger partial charge on any atom is -0.348 e. The summed E-state index contributed by atoms with van der Waals surface area (Å²) in [5, 5.41) is 3.78. The third-order valence-corrected chi connectivity index (χ3v) is 6.69. The van der Waals surface area contributed by atoms with Crippen molar-refractivity contribution in [2.24, 2.45) is 0 Å². The van der Waals surface area contributed by atoms with Gasteiger partial charge in [-0.2, -0.15) is 0 Å². The SMILES string of the molecule is O=C(NC1CCN(Cc2ccccc2)C1)c1ccc2c(=O)n3c(nc2c1)CCCCCC3. The van der Waals surface area contributed by atoms with Crippen molar-refractivity contribution in [3.8, 4) is 0 Å². The minimum absolute atomic E-state index is 0.0196. The Morgan fingerprint density at radius 2 is 1.88 bits per heavy atom. The van der Waals surface area contributed by atoms with Gasteiger partial charge in [0.05, 0.1) is 10.9 Å². The molecule has 0 bridgehead atoms. The molecular weight excluding hydrogens is 400 g/mol. The molecular formula is C26H30N4O2. The molecule has 6 nitrogen and oxygen atoms in total. The Balaban J connectivity index is 1.29. The Hall–Kier alpha value is -2.99. The van der Waals surface area contributed by atoms with Crippen LogP contribution in [0.25, 0.3) is 10.9 Å². The summed E-state index contributed by atoms with van der Waals surface area (Å²) in [6.45, 7) is 3.46. The first-order valence-corrected chi connectivity index (χ1v) is 11.8. The van der Waals surface area contributed by atoms with Gasteiger partial charge < -0.3 is 5.32 Å². The molecule has 1 fully saturated rings. The van der Waals surface area contributed by atoms with Crippen molar-refractivity contribution in [3.05, 3.63) is 75.8 Å². The third-order valence-electron chi connectivity index (χ3n) is 6.69. The highest BCUT2D eigenvalue weighted by Crippen LogP contribution is 2.18. The maximum atomic E-state index is 13.0. The van der Waals surface area contributed by atoms with Crippen LogP contribution in [0.15, 0.2) is 53.3 Å². The Morgan fingerprint density at radius 3 is 2.75 bits per heavy atom. The summed E-state index contributed by atoms with van der Waals surface area (Å²) in [7, 11) is 0. The lowest BCUT2D eigenvalue weighted by Crippen LogP contribution is -2.37. The number of nitrogens with zero attached hydrogens (tertiary/aromatic N) is 3. The summed E-state index contributed by atoms with van der Waals surface area (Å²) >= 11 is 0. The van der Waals surface area contributed by atoms with Crippen molar-refractivity contribution in [3.63, 3.8) is 0 Å². The predicted molar refractivity (Wildman–Crippen MR) is 126 cm³/mol. The van der Waals surface area contributed by atoms with Crippen LogP contribution in [-0.4, -0.2) is 39.5 Å². The minimum atomic E-state index is -0.0906. The van der Waals surface area contributed by atoms with E-state index in [2.05, 4.69) is 34.5 Å². The summed E-state index contributed by atoms with van der Waals surface area (Å²) in [4.78, 5) is 33.1. The van der Waals surface area contributed by atoms with Gasteiger partial charge in [-0.25, -0.2) is 4.98 Å². The second-order valence-electron chi connectivity index (χ2n) is 9.06. The van der Waals surface area contributed by atoms with Gasteiger partial charge in [-0.15, -0.1) is 0 Å². The van der Waals surface area contributed by atoms with Crippen LogP contribution in [0, 0.1) is 0 Å². The van der Waals surface area contributed by atoms with Gasteiger partial charge >= 0.3 is 0 Å². The maximum absolute atomic E-state index is 13.0. The van der Waals surface area contributed by atoms with Gasteiger partial charge in [-0.3, -0.25) is 19.1 Å². The van der Waals surface area contributed by atoms with Crippen LogP contribution < -0.4 is 10.9 Å². The Kier molecular flexibility index (Phi) is 6.04. The zero-order valence-electron chi connectivity index (χ0n) is 18.4. The Morgan fingerprint density at radius 1 is 1.03 bits per heavy atom. The van der Waals surface area contributed by atoms with E-state index in [-0.39, 0.29) is 17.5 Å². The number of aryl methyl sites for hydroxylation is 1. The largest absolute Gasteiger partial charge is 0.348 e. The molecule has 1 atom stereocenters. The van der Waals surface area contributed by atoms with Crippen molar-refractivity contribution >= 4 is 16.8 Å². The molecule has 1 saturated heterocycles. The van der Waals surface area contributed by atoms with Gasteiger partial charge in [-0.1, -0.05) is 43.2 Å². The fourth-order valence-corrected chi connectivity index (χ4v) is 4.94. The molecule has 0 radical (unpaired) electrons. The van der Waals surface area contributed by atoms with Crippen LogP contribution >= 0.6 is 0 Å². The van der Waals surface area contributed by atoms with E-state index < -0.39 is 0 Å². The normalized spacial score (nSPS) is 19.3. The van der Waals surface area contributed by atoms with E-state index in [1.54, 1.807) is 18.2 Å². The Bertz CT molecular complexity index is 1170. The molecule has 1 unspecified atom stereocenters. The van der Waals surface area contributed by atoms with Gasteiger partial charge in [-0.05, 0) is 43.0 Å². The van der Waals surface area contributed by atoms with Gasteiger partial charge in [0.15, 0.2) is 0 Å². The predicted octanol–water partition coefficient (Wildman–Crippen LogP) is 3.52. The van der Waals surface area contributed by atoms with Crippen LogP contribution in [0.2, 0.25) is 0 Å². The molecule has 166 valence electrons. The number of likely N-dealkylation sites (tertiary alicyclic amines) is 1. The van der Waals surface area contributed by atoms with Gasteiger partial charge in [0.1, 0.15) is 5.82 Å². The maximum Gasteiger partial charge on any atom is 0.261 e. The summed E-state index contributed by atoms with van der Waals surface area (Å²) in [5.74, 6) is 0.763. The number of fused-ring (bicyclic) bond motifs is 2. The van der Waals surface area contributed by atoms with Crippen LogP contribution in [0.3, 0.4) is 0 Å². The fourth-order valence-electron chi connectivity index (χ4n) is 4.94. The van der Waals surface area contributed by atoms with Crippen LogP contribution in [0.4, 0.5) is 0 Å². The number of hydrogen-bond acceptors (Lipinski definition) is 4. The van der Waals surface area contributed by atoms with Crippen molar-refractivity contribution in [2.75, 3.05) is 13.1 Å². The summed E-state index contributed by atoms with van der Waals surface area (Å²) in [5.41, 5.74) is 2.51. The van der Waals surface area contributed by atoms with E-state index in [4.69, 9.17) is 4.98 Å². The highest BCUT2D eigenvalue weighted by Gasteiger charge is 2.24. The van der Waals surface area contributed by atoms with Crippen molar-refractivity contribution in [2.45, 2.75) is 57.7 Å². The van der Waals surface area contributed by atoms with Gasteiger partial charge in [0.2, 0.25) is 0 Å². The van der Waals surface area contributed by atoms with E-state index in [0.717, 1.165) is 64.1 Å². The molecule has 3 aromatic rings. The average Bonchev–Trinajstić information content (AvgIpc) is 3.22. The van der Waals surface area contributed by atoms with Crippen LogP contribution in [-0.2, 0) is 19.5 Å². The molecule has 2 aliphatic heterocycles. The smallest absolute Gasteiger partial charge is 0.261 e. The van der Waals surface area contributed by atoms with E-state index in [1.165, 1.54) is 12.0 Å². The molecule has 6 heteroatoms. The lowest BCUT2D eigenvalue weighted by atomic mass is 10.1. The topological polar surface area (TPSA) is 67.2 Å². The molecule has 2 aliphatic rings. The zero-order chi connectivity index (χ0) is 21.9. The average molecular weight is 431 g/mol. The molecule has 2 aromatic carbocycles. The molecule has 0 aliphatic carbocycles. The third kappa shape index (κ3) is 4.46. The lowest BCUT2D eigenvalue weighted by molar-refractivity contribution is 0.0937. The Labute approximate surface area is 188 Å². The second kappa shape index (κ2) is 9.25. The highest BCUT2D eigenvalue weighted by molar-refractivity contribution is 5.97. The van der Waals surface area contributed by atoms with Crippen LogP contribution in [0.1, 0.15) is 53.8 Å². The zero-order valence-corrected chi connectivity index (χ0v) is 18.4. The lowest BCUT2D eigenvalue weighted by Gasteiger charge is -2.17. The molecule has 1 N–H and O–H groups in total. The van der Waals surface area contributed by atoms with E-state index in [0.29, 0.717) is 16.5 Å². The summed E-state index contributed by atoms with van der Waals surface area (Å²) in [6.07, 6.45) is 6.18. The van der Waals surface area contributed by atoms with E-state index in [1.807, 2.05) is 10.6 Å². The highest BCUT2D eigenvalue weighted by atomic mass is 16.1. The molecule has 5 rings (SSSR count). The van der Waals surface area contributed by atoms with E-state index >= 15 is 0 Å². The van der Waals surface area contributed by atoms with E-state index in [9.17, 15) is 9.59 Å². The molecule has 0 spiro atoms. The summed E-state index contributed by atoms with van der Waals surface area (Å²) < 4.78 is 1.83. The van der Waals surface area contributed by atoms with Gasteiger partial charge in [0, 0.05) is 44.2 Å². The molecule has 32 heavy (non-hydrogen) atoms. The number of hydrogen-bond donors (Lipinski definition) is 1. The number of amides is 1. The number of nitrogens with one attached hydrogen (secondary N) is 1. The fraction of sp³-hybridized carbons (Fsp3) is 0.423. The first-order chi connectivity index (χ1) is 15.7. The standard InChI is InChI=1S/C26H30N4O2/c31-25(27-21-13-15-29(18-21)17-19-8-4-3-5-9-19)20-11-12-22-23(16-20)28-24-10-6-1-2-7-14-30(24)26(22)32/h3-5,8-9,11-12,16,21H,1-2,6-7,10,13-15,17-18H2,(H,27,31). The molecule has 1 amide bonds. The monoisotopic (exact) mass is 430 g/mol. The molecule has 0 saturated carbocycles. The van der Waals surface area contributed by atoms with Crippen molar-refractivity contribution in [1.29, 1.82) is 0 Å². The first-order valence-electron chi connectivity index (χ1n) is 11.8. The van der Waals surface area contributed by atoms with Crippen molar-refractivity contribution < 1.29 is 4.79 Å². The molecule has 3 heterocycles. The number of aromatic nitrogens is 2. The molecule has 1 aromatic heterocycles. The van der Waals surface area contributed by atoms with Gasteiger partial charge in [0.25, 0.3) is 11.5 Å². The quantitative estimate of drug-likeness (QED) is 0.688. The first kappa shape index (κ1) is 20.9.